The summed E-state index contributed by atoms with van der Waals surface area (Å²) in [6.45, 7) is 0.711. The van der Waals surface area contributed by atoms with Gasteiger partial charge >= 0.3 is 0 Å². The van der Waals surface area contributed by atoms with Crippen LogP contribution >= 0.6 is 0 Å². The molecular weight excluding hydrogens is 146 g/mol. The van der Waals surface area contributed by atoms with E-state index in [9.17, 15) is 4.79 Å². The van der Waals surface area contributed by atoms with E-state index in [1.54, 1.807) is 0 Å². The second kappa shape index (κ2) is 3.78. The monoisotopic (exact) mass is 155 g/mol. The fraction of sp³-hybridized carbons (Fsp3) is 0.286. The third-order valence-corrected chi connectivity index (χ3v) is 1.09. The van der Waals surface area contributed by atoms with E-state index in [1.165, 1.54) is 18.6 Å². The van der Waals surface area contributed by atoms with E-state index in [-0.39, 0.29) is 11.2 Å². The maximum atomic E-state index is 10.9. The molecule has 0 atom stereocenters. The molecular formula is C7H9NO3. The Morgan fingerprint density at radius 1 is 1.64 bits per heavy atom. The first-order valence-electron chi connectivity index (χ1n) is 3.24. The van der Waals surface area contributed by atoms with Crippen molar-refractivity contribution < 1.29 is 9.15 Å². The van der Waals surface area contributed by atoms with Crippen molar-refractivity contribution in [1.82, 2.24) is 0 Å². The lowest BCUT2D eigenvalue weighted by atomic mass is 10.5. The predicted molar refractivity (Wildman–Crippen MR) is 39.5 cm³/mol. The highest BCUT2D eigenvalue weighted by atomic mass is 16.5. The highest BCUT2D eigenvalue weighted by molar-refractivity contribution is 5.13. The largest absolute Gasteiger partial charge is 0.485 e. The lowest BCUT2D eigenvalue weighted by Crippen LogP contribution is -2.14. The van der Waals surface area contributed by atoms with Crippen molar-refractivity contribution in [3.05, 3.63) is 28.8 Å². The molecule has 0 saturated carbocycles. The Labute approximate surface area is 63.6 Å². The summed E-state index contributed by atoms with van der Waals surface area (Å²) >= 11 is 0. The lowest BCUT2D eigenvalue weighted by molar-refractivity contribution is 0.313. The summed E-state index contributed by atoms with van der Waals surface area (Å²) in [6.07, 6.45) is 2.57. The highest BCUT2D eigenvalue weighted by Crippen LogP contribution is 1.99. The molecule has 0 saturated heterocycles. The maximum Gasteiger partial charge on any atom is 0.226 e. The molecule has 2 N–H and O–H groups in total. The first-order valence-corrected chi connectivity index (χ1v) is 3.24. The van der Waals surface area contributed by atoms with Gasteiger partial charge in [-0.3, -0.25) is 4.79 Å². The Morgan fingerprint density at radius 2 is 2.45 bits per heavy atom. The fourth-order valence-corrected chi connectivity index (χ4v) is 0.616. The van der Waals surface area contributed by atoms with Gasteiger partial charge in [0.25, 0.3) is 0 Å². The molecule has 0 fully saturated rings. The smallest absolute Gasteiger partial charge is 0.226 e. The normalized spacial score (nSPS) is 9.55. The molecule has 1 aromatic heterocycles. The van der Waals surface area contributed by atoms with E-state index in [0.717, 1.165) is 0 Å². The minimum atomic E-state index is -0.190. The van der Waals surface area contributed by atoms with E-state index in [0.29, 0.717) is 13.2 Å². The standard InChI is InChI=1S/C7H9NO3/c8-2-4-11-7-5-10-3-1-6(7)9/h1,3,5H,2,4,8H2. The summed E-state index contributed by atoms with van der Waals surface area (Å²) in [7, 11) is 0. The van der Waals surface area contributed by atoms with Crippen LogP contribution in [0, 0.1) is 0 Å². The molecule has 0 bridgehead atoms. The van der Waals surface area contributed by atoms with Gasteiger partial charge in [0, 0.05) is 12.6 Å². The van der Waals surface area contributed by atoms with E-state index in [4.69, 9.17) is 14.9 Å². The van der Waals surface area contributed by atoms with Crippen LogP contribution in [0.5, 0.6) is 5.75 Å². The number of nitrogens with two attached hydrogens (primary N) is 1. The van der Waals surface area contributed by atoms with Crippen LogP contribution in [0.25, 0.3) is 0 Å². The zero-order chi connectivity index (χ0) is 8.10. The summed E-state index contributed by atoms with van der Waals surface area (Å²) in [4.78, 5) is 10.9. The molecule has 0 aromatic carbocycles. The fourth-order valence-electron chi connectivity index (χ4n) is 0.616. The SMILES string of the molecule is NCCOc1coccc1=O. The molecule has 0 aliphatic carbocycles. The third-order valence-electron chi connectivity index (χ3n) is 1.09. The van der Waals surface area contributed by atoms with Crippen molar-refractivity contribution in [3.63, 3.8) is 0 Å². The highest BCUT2D eigenvalue weighted by Gasteiger charge is 1.97. The van der Waals surface area contributed by atoms with E-state index in [1.807, 2.05) is 0 Å². The van der Waals surface area contributed by atoms with Gasteiger partial charge < -0.3 is 14.9 Å². The minimum Gasteiger partial charge on any atom is -0.485 e. The average Bonchev–Trinajstić information content (AvgIpc) is 2.03. The molecule has 0 spiro atoms. The molecule has 0 aliphatic heterocycles. The van der Waals surface area contributed by atoms with Gasteiger partial charge in [-0.05, 0) is 0 Å². The molecule has 1 rings (SSSR count). The summed E-state index contributed by atoms with van der Waals surface area (Å²) in [5.41, 5.74) is 4.98. The van der Waals surface area contributed by atoms with E-state index < -0.39 is 0 Å². The van der Waals surface area contributed by atoms with Crippen LogP contribution in [0.1, 0.15) is 0 Å². The van der Waals surface area contributed by atoms with Crippen LogP contribution in [0.3, 0.4) is 0 Å². The van der Waals surface area contributed by atoms with E-state index >= 15 is 0 Å². The molecule has 1 aromatic rings. The van der Waals surface area contributed by atoms with Gasteiger partial charge in [-0.2, -0.15) is 0 Å². The van der Waals surface area contributed by atoms with Gasteiger partial charge in [0.05, 0.1) is 6.26 Å². The van der Waals surface area contributed by atoms with Gasteiger partial charge in [0.15, 0.2) is 0 Å². The quantitative estimate of drug-likeness (QED) is 0.666. The maximum absolute atomic E-state index is 10.9. The molecule has 4 nitrogen and oxygen atoms in total. The Hall–Kier alpha value is -1.29. The molecule has 0 aliphatic rings. The van der Waals surface area contributed by atoms with Gasteiger partial charge in [0.1, 0.15) is 12.9 Å². The molecule has 1 heterocycles. The Balaban J connectivity index is 2.70. The average molecular weight is 155 g/mol. The van der Waals surface area contributed by atoms with Crippen LogP contribution in [-0.2, 0) is 0 Å². The van der Waals surface area contributed by atoms with Gasteiger partial charge in [0.2, 0.25) is 11.2 Å². The molecule has 0 unspecified atom stereocenters. The molecule has 0 radical (unpaired) electrons. The second-order valence-corrected chi connectivity index (χ2v) is 1.92. The Kier molecular flexibility index (Phi) is 2.68. The zero-order valence-corrected chi connectivity index (χ0v) is 5.95. The molecule has 11 heavy (non-hydrogen) atoms. The van der Waals surface area contributed by atoms with Crippen molar-refractivity contribution in [2.24, 2.45) is 5.73 Å². The second-order valence-electron chi connectivity index (χ2n) is 1.92. The topological polar surface area (TPSA) is 65.5 Å². The number of hydrogen-bond acceptors (Lipinski definition) is 4. The third kappa shape index (κ3) is 2.09. The van der Waals surface area contributed by atoms with Crippen LogP contribution in [0.2, 0.25) is 0 Å². The molecule has 60 valence electrons. The molecule has 0 amide bonds. The number of hydrogen-bond donors (Lipinski definition) is 1. The summed E-state index contributed by atoms with van der Waals surface area (Å²) < 4.78 is 9.67. The Morgan fingerprint density at radius 3 is 3.09 bits per heavy atom. The van der Waals surface area contributed by atoms with Crippen LogP contribution in [0.15, 0.2) is 27.8 Å². The number of rotatable bonds is 3. The minimum absolute atomic E-state index is 0.190. The van der Waals surface area contributed by atoms with Crippen molar-refractivity contribution >= 4 is 0 Å². The first kappa shape index (κ1) is 7.81. The molecule has 4 heteroatoms. The number of ether oxygens (including phenoxy) is 1. The summed E-state index contributed by atoms with van der Waals surface area (Å²) in [5.74, 6) is 0.206. The van der Waals surface area contributed by atoms with Crippen LogP contribution in [-0.4, -0.2) is 13.2 Å². The lowest BCUT2D eigenvalue weighted by Gasteiger charge is -1.99. The van der Waals surface area contributed by atoms with Crippen LogP contribution in [0.4, 0.5) is 0 Å². The van der Waals surface area contributed by atoms with Gasteiger partial charge in [-0.1, -0.05) is 0 Å². The van der Waals surface area contributed by atoms with Crippen molar-refractivity contribution in [2.75, 3.05) is 13.2 Å². The van der Waals surface area contributed by atoms with Gasteiger partial charge in [-0.15, -0.1) is 0 Å². The van der Waals surface area contributed by atoms with Crippen molar-refractivity contribution in [1.29, 1.82) is 0 Å². The van der Waals surface area contributed by atoms with Crippen molar-refractivity contribution in [3.8, 4) is 5.75 Å². The predicted octanol–water partition coefficient (Wildman–Crippen LogP) is -0.0227. The van der Waals surface area contributed by atoms with Crippen LogP contribution < -0.4 is 15.9 Å². The first-order chi connectivity index (χ1) is 5.34. The Bertz CT molecular complexity index is 268. The van der Waals surface area contributed by atoms with Gasteiger partial charge in [-0.25, -0.2) is 0 Å². The zero-order valence-electron chi connectivity index (χ0n) is 5.95. The van der Waals surface area contributed by atoms with Crippen molar-refractivity contribution in [2.45, 2.75) is 0 Å². The summed E-state index contributed by atoms with van der Waals surface area (Å²) in [6, 6.07) is 1.30. The van der Waals surface area contributed by atoms with E-state index in [2.05, 4.69) is 0 Å². The summed E-state index contributed by atoms with van der Waals surface area (Å²) in [5, 5.41) is 0.